The maximum Gasteiger partial charge on any atom is 0.141 e. The molecular weight excluding hydrogens is 300 g/mol. The first-order valence-electron chi connectivity index (χ1n) is 5.11. The molecule has 4 nitrogen and oxygen atoms in total. The zero-order valence-electron chi connectivity index (χ0n) is 9.43. The number of hydrogen-bond donors (Lipinski definition) is 1. The molecule has 90 valence electrons. The Morgan fingerprint density at radius 3 is 2.76 bits per heavy atom. The largest absolute Gasteiger partial charge is 0.382 e. The Kier molecular flexibility index (Phi) is 4.09. The molecule has 0 aromatic carbocycles. The van der Waals surface area contributed by atoms with Crippen molar-refractivity contribution in [3.63, 3.8) is 0 Å². The highest BCUT2D eigenvalue weighted by molar-refractivity contribution is 9.11. The number of thiophene rings is 1. The van der Waals surface area contributed by atoms with Gasteiger partial charge in [0.2, 0.25) is 0 Å². The van der Waals surface area contributed by atoms with E-state index in [1.807, 2.05) is 0 Å². The third-order valence-corrected chi connectivity index (χ3v) is 3.78. The SMILES string of the molecule is CN(Cc1csc(Br)c1)Cc1cnc(N)cn1. The Bertz CT molecular complexity index is 482. The van der Waals surface area contributed by atoms with Gasteiger partial charge in [0.25, 0.3) is 0 Å². The van der Waals surface area contributed by atoms with Gasteiger partial charge in [0.05, 0.1) is 21.9 Å². The van der Waals surface area contributed by atoms with E-state index in [2.05, 4.69) is 49.3 Å². The van der Waals surface area contributed by atoms with Gasteiger partial charge in [-0.2, -0.15) is 0 Å². The highest BCUT2D eigenvalue weighted by Crippen LogP contribution is 2.21. The standard InChI is InChI=1S/C11H13BrN4S/c1-16(5-8-2-10(12)17-7-8)6-9-3-15-11(13)4-14-9/h2-4,7H,5-6H2,1H3,(H2,13,15). The molecule has 0 radical (unpaired) electrons. The summed E-state index contributed by atoms with van der Waals surface area (Å²) in [6, 6.07) is 2.13. The first-order chi connectivity index (χ1) is 8.13. The van der Waals surface area contributed by atoms with E-state index >= 15 is 0 Å². The third kappa shape index (κ3) is 3.76. The summed E-state index contributed by atoms with van der Waals surface area (Å²) in [5.74, 6) is 0.457. The zero-order chi connectivity index (χ0) is 12.3. The summed E-state index contributed by atoms with van der Waals surface area (Å²) >= 11 is 5.16. The normalized spacial score (nSPS) is 11.0. The van der Waals surface area contributed by atoms with Crippen LogP contribution in [0.4, 0.5) is 5.82 Å². The van der Waals surface area contributed by atoms with Crippen LogP contribution in [0.15, 0.2) is 27.6 Å². The summed E-state index contributed by atoms with van der Waals surface area (Å²) in [7, 11) is 2.06. The number of aromatic nitrogens is 2. The van der Waals surface area contributed by atoms with Crippen molar-refractivity contribution in [2.75, 3.05) is 12.8 Å². The van der Waals surface area contributed by atoms with E-state index in [1.54, 1.807) is 23.7 Å². The molecular formula is C11H13BrN4S. The molecule has 6 heteroatoms. The number of nitrogens with two attached hydrogens (primary N) is 1. The van der Waals surface area contributed by atoms with E-state index in [4.69, 9.17) is 5.73 Å². The van der Waals surface area contributed by atoms with Crippen molar-refractivity contribution in [3.05, 3.63) is 38.9 Å². The first kappa shape index (κ1) is 12.5. The molecule has 0 saturated heterocycles. The van der Waals surface area contributed by atoms with Gasteiger partial charge in [-0.05, 0) is 40.0 Å². The Labute approximate surface area is 113 Å². The van der Waals surface area contributed by atoms with E-state index in [1.165, 1.54) is 5.56 Å². The Morgan fingerprint density at radius 1 is 1.35 bits per heavy atom. The van der Waals surface area contributed by atoms with Crippen LogP contribution in [0.25, 0.3) is 0 Å². The van der Waals surface area contributed by atoms with Crippen LogP contribution in [0.3, 0.4) is 0 Å². The maximum atomic E-state index is 5.49. The van der Waals surface area contributed by atoms with Gasteiger partial charge in [0.1, 0.15) is 5.82 Å². The summed E-state index contributed by atoms with van der Waals surface area (Å²) in [5, 5.41) is 2.15. The lowest BCUT2D eigenvalue weighted by atomic mass is 10.3. The Hall–Kier alpha value is -0.980. The third-order valence-electron chi connectivity index (χ3n) is 2.23. The van der Waals surface area contributed by atoms with Crippen LogP contribution in [-0.2, 0) is 13.1 Å². The monoisotopic (exact) mass is 312 g/mol. The van der Waals surface area contributed by atoms with Crippen LogP contribution < -0.4 is 5.73 Å². The van der Waals surface area contributed by atoms with Gasteiger partial charge in [0.15, 0.2) is 0 Å². The zero-order valence-corrected chi connectivity index (χ0v) is 11.8. The predicted octanol–water partition coefficient (Wildman–Crippen LogP) is 2.51. The topological polar surface area (TPSA) is 55.0 Å². The molecule has 2 aromatic heterocycles. The molecule has 2 rings (SSSR count). The summed E-state index contributed by atoms with van der Waals surface area (Å²) in [6.07, 6.45) is 3.31. The quantitative estimate of drug-likeness (QED) is 0.942. The molecule has 0 unspecified atom stereocenters. The number of hydrogen-bond acceptors (Lipinski definition) is 5. The second kappa shape index (κ2) is 5.57. The van der Waals surface area contributed by atoms with E-state index < -0.39 is 0 Å². The molecule has 0 aliphatic rings. The van der Waals surface area contributed by atoms with E-state index in [0.717, 1.165) is 22.6 Å². The maximum absolute atomic E-state index is 5.49. The van der Waals surface area contributed by atoms with Gasteiger partial charge in [-0.1, -0.05) is 0 Å². The molecule has 0 aliphatic carbocycles. The second-order valence-corrected chi connectivity index (χ2v) is 6.15. The molecule has 17 heavy (non-hydrogen) atoms. The fourth-order valence-corrected chi connectivity index (χ4v) is 2.72. The highest BCUT2D eigenvalue weighted by atomic mass is 79.9. The molecule has 0 atom stereocenters. The van der Waals surface area contributed by atoms with Gasteiger partial charge in [-0.3, -0.25) is 9.88 Å². The highest BCUT2D eigenvalue weighted by Gasteiger charge is 2.04. The Morgan fingerprint density at radius 2 is 2.18 bits per heavy atom. The molecule has 2 heterocycles. The molecule has 0 amide bonds. The minimum absolute atomic E-state index is 0.457. The van der Waals surface area contributed by atoms with Crippen LogP contribution in [0.5, 0.6) is 0 Å². The smallest absolute Gasteiger partial charge is 0.141 e. The molecule has 0 aliphatic heterocycles. The average Bonchev–Trinajstić information content (AvgIpc) is 2.67. The van der Waals surface area contributed by atoms with Crippen LogP contribution in [-0.4, -0.2) is 21.9 Å². The van der Waals surface area contributed by atoms with Crippen molar-refractivity contribution >= 4 is 33.1 Å². The lowest BCUT2D eigenvalue weighted by molar-refractivity contribution is 0.315. The van der Waals surface area contributed by atoms with Crippen molar-refractivity contribution in [2.45, 2.75) is 13.1 Å². The lowest BCUT2D eigenvalue weighted by Crippen LogP contribution is -2.17. The minimum atomic E-state index is 0.457. The molecule has 0 fully saturated rings. The molecule has 0 saturated carbocycles. The number of nitrogen functional groups attached to an aromatic ring is 1. The number of rotatable bonds is 4. The fraction of sp³-hybridized carbons (Fsp3) is 0.273. The first-order valence-corrected chi connectivity index (χ1v) is 6.78. The number of halogens is 1. The van der Waals surface area contributed by atoms with Crippen LogP contribution >= 0.6 is 27.3 Å². The van der Waals surface area contributed by atoms with Crippen LogP contribution in [0.2, 0.25) is 0 Å². The summed E-state index contributed by atoms with van der Waals surface area (Å²) in [5.41, 5.74) is 7.72. The summed E-state index contributed by atoms with van der Waals surface area (Å²) < 4.78 is 1.16. The Balaban J connectivity index is 1.93. The molecule has 2 aromatic rings. The van der Waals surface area contributed by atoms with E-state index in [0.29, 0.717) is 5.82 Å². The average molecular weight is 313 g/mol. The number of nitrogens with zero attached hydrogens (tertiary/aromatic N) is 3. The van der Waals surface area contributed by atoms with Crippen LogP contribution in [0.1, 0.15) is 11.3 Å². The summed E-state index contributed by atoms with van der Waals surface area (Å²) in [4.78, 5) is 10.4. The van der Waals surface area contributed by atoms with E-state index in [-0.39, 0.29) is 0 Å². The lowest BCUT2D eigenvalue weighted by Gasteiger charge is -2.14. The van der Waals surface area contributed by atoms with Crippen molar-refractivity contribution in [3.8, 4) is 0 Å². The van der Waals surface area contributed by atoms with Crippen molar-refractivity contribution < 1.29 is 0 Å². The van der Waals surface area contributed by atoms with Gasteiger partial charge in [0, 0.05) is 13.1 Å². The second-order valence-electron chi connectivity index (χ2n) is 3.86. The minimum Gasteiger partial charge on any atom is -0.382 e. The fourth-order valence-electron chi connectivity index (χ4n) is 1.52. The van der Waals surface area contributed by atoms with Gasteiger partial charge in [-0.25, -0.2) is 4.98 Å². The van der Waals surface area contributed by atoms with Gasteiger partial charge >= 0.3 is 0 Å². The van der Waals surface area contributed by atoms with Crippen molar-refractivity contribution in [1.82, 2.24) is 14.9 Å². The van der Waals surface area contributed by atoms with E-state index in [9.17, 15) is 0 Å². The van der Waals surface area contributed by atoms with Gasteiger partial charge < -0.3 is 5.73 Å². The molecule has 2 N–H and O–H groups in total. The van der Waals surface area contributed by atoms with Crippen molar-refractivity contribution in [1.29, 1.82) is 0 Å². The van der Waals surface area contributed by atoms with Crippen molar-refractivity contribution in [2.24, 2.45) is 0 Å². The predicted molar refractivity (Wildman–Crippen MR) is 73.6 cm³/mol. The van der Waals surface area contributed by atoms with Gasteiger partial charge in [-0.15, -0.1) is 11.3 Å². The molecule has 0 spiro atoms. The number of anilines is 1. The molecule has 0 bridgehead atoms. The van der Waals surface area contributed by atoms with Crippen LogP contribution in [0, 0.1) is 0 Å². The summed E-state index contributed by atoms with van der Waals surface area (Å²) in [6.45, 7) is 1.66.